The summed E-state index contributed by atoms with van der Waals surface area (Å²) in [5, 5.41) is 3.88. The molecule has 0 aromatic rings. The van der Waals surface area contributed by atoms with Gasteiger partial charge >= 0.3 is 0 Å². The van der Waals surface area contributed by atoms with Crippen LogP contribution in [0.25, 0.3) is 0 Å². The van der Waals surface area contributed by atoms with E-state index in [9.17, 15) is 4.79 Å². The molecule has 0 spiro atoms. The summed E-state index contributed by atoms with van der Waals surface area (Å²) >= 11 is 3.38. The summed E-state index contributed by atoms with van der Waals surface area (Å²) in [5.74, 6) is -0.0273. The number of alkyl halides is 1. The summed E-state index contributed by atoms with van der Waals surface area (Å²) in [4.78, 5) is 11.0. The molecule has 0 aliphatic heterocycles. The van der Waals surface area contributed by atoms with Crippen molar-refractivity contribution >= 4 is 21.8 Å². The molecule has 76 valence electrons. The Morgan fingerprint density at radius 3 is 2.46 bits per heavy atom. The molecule has 0 aromatic carbocycles. The first-order valence-corrected chi connectivity index (χ1v) is 5.80. The smallest absolute Gasteiger partial charge is 0.246 e. The van der Waals surface area contributed by atoms with Crippen molar-refractivity contribution in [2.45, 2.75) is 32.6 Å². The van der Waals surface area contributed by atoms with Gasteiger partial charge in [0.15, 0.2) is 0 Å². The fourth-order valence-electron chi connectivity index (χ4n) is 0.926. The maximum atomic E-state index is 11.0. The zero-order valence-corrected chi connectivity index (χ0v) is 9.82. The highest BCUT2D eigenvalue weighted by atomic mass is 79.9. The molecule has 13 heavy (non-hydrogen) atoms. The summed E-state index contributed by atoms with van der Waals surface area (Å²) in [6.45, 7) is 6.06. The first kappa shape index (κ1) is 12.7. The van der Waals surface area contributed by atoms with Crippen molar-refractivity contribution in [3.05, 3.63) is 12.2 Å². The van der Waals surface area contributed by atoms with Crippen LogP contribution in [0, 0.1) is 0 Å². The van der Waals surface area contributed by atoms with Crippen molar-refractivity contribution in [3.8, 4) is 0 Å². The van der Waals surface area contributed by atoms with Crippen LogP contribution in [0.1, 0.15) is 32.6 Å². The number of unbranched alkanes of at least 4 members (excludes halogenated alkanes) is 3. The summed E-state index contributed by atoms with van der Waals surface area (Å²) in [5.41, 5.74) is 0.584. The van der Waals surface area contributed by atoms with E-state index in [1.54, 1.807) is 6.92 Å². The van der Waals surface area contributed by atoms with Gasteiger partial charge in [0, 0.05) is 17.4 Å². The van der Waals surface area contributed by atoms with Crippen LogP contribution >= 0.6 is 15.9 Å². The second kappa shape index (κ2) is 8.30. The Balaban J connectivity index is 3.16. The molecule has 1 amide bonds. The minimum atomic E-state index is -0.0273. The minimum absolute atomic E-state index is 0.0273. The summed E-state index contributed by atoms with van der Waals surface area (Å²) in [7, 11) is 0. The monoisotopic (exact) mass is 247 g/mol. The highest BCUT2D eigenvalue weighted by Crippen LogP contribution is 2.01. The SMILES string of the molecule is C=C(C)C(=O)NCCCCCCBr. The molecule has 2 nitrogen and oxygen atoms in total. The van der Waals surface area contributed by atoms with Gasteiger partial charge in [-0.3, -0.25) is 4.79 Å². The molecule has 0 saturated carbocycles. The number of amides is 1. The molecule has 0 bridgehead atoms. The van der Waals surface area contributed by atoms with E-state index in [2.05, 4.69) is 27.8 Å². The summed E-state index contributed by atoms with van der Waals surface area (Å²) < 4.78 is 0. The van der Waals surface area contributed by atoms with Crippen LogP contribution in [0.5, 0.6) is 0 Å². The lowest BCUT2D eigenvalue weighted by Gasteiger charge is -2.03. The van der Waals surface area contributed by atoms with E-state index >= 15 is 0 Å². The van der Waals surface area contributed by atoms with Gasteiger partial charge in [0.1, 0.15) is 0 Å². The lowest BCUT2D eigenvalue weighted by Crippen LogP contribution is -2.24. The van der Waals surface area contributed by atoms with Crippen LogP contribution in [-0.4, -0.2) is 17.8 Å². The van der Waals surface area contributed by atoms with Gasteiger partial charge < -0.3 is 5.32 Å². The molecule has 0 aliphatic carbocycles. The van der Waals surface area contributed by atoms with Gasteiger partial charge in [-0.05, 0) is 19.8 Å². The van der Waals surface area contributed by atoms with Crippen molar-refractivity contribution in [2.75, 3.05) is 11.9 Å². The van der Waals surface area contributed by atoms with Crippen molar-refractivity contribution in [1.29, 1.82) is 0 Å². The van der Waals surface area contributed by atoms with Crippen LogP contribution in [-0.2, 0) is 4.79 Å². The normalized spacial score (nSPS) is 9.69. The zero-order chi connectivity index (χ0) is 10.1. The lowest BCUT2D eigenvalue weighted by molar-refractivity contribution is -0.117. The third-order valence-corrected chi connectivity index (χ3v) is 2.29. The lowest BCUT2D eigenvalue weighted by atomic mass is 10.2. The molecule has 0 heterocycles. The molecule has 0 aromatic heterocycles. The predicted molar refractivity (Wildman–Crippen MR) is 60.1 cm³/mol. The standard InChI is InChI=1S/C10H18BrNO/c1-9(2)10(13)12-8-6-4-3-5-7-11/h1,3-8H2,2H3,(H,12,13). The molecule has 0 aliphatic rings. The number of hydrogen-bond donors (Lipinski definition) is 1. The summed E-state index contributed by atoms with van der Waals surface area (Å²) in [6.07, 6.45) is 4.69. The summed E-state index contributed by atoms with van der Waals surface area (Å²) in [6, 6.07) is 0. The Labute approximate surface area is 88.9 Å². The average molecular weight is 248 g/mol. The average Bonchev–Trinajstić information content (AvgIpc) is 2.10. The fraction of sp³-hybridized carbons (Fsp3) is 0.700. The van der Waals surface area contributed by atoms with Gasteiger partial charge in [0.05, 0.1) is 0 Å². The van der Waals surface area contributed by atoms with Gasteiger partial charge in [-0.15, -0.1) is 0 Å². The molecule has 0 saturated heterocycles. The molecule has 0 rings (SSSR count). The van der Waals surface area contributed by atoms with Crippen LogP contribution in [0.4, 0.5) is 0 Å². The zero-order valence-electron chi connectivity index (χ0n) is 8.24. The maximum Gasteiger partial charge on any atom is 0.246 e. The van der Waals surface area contributed by atoms with Gasteiger partial charge in [-0.25, -0.2) is 0 Å². The number of rotatable bonds is 7. The number of carbonyl (C=O) groups excluding carboxylic acids is 1. The number of hydrogen-bond acceptors (Lipinski definition) is 1. The Kier molecular flexibility index (Phi) is 8.10. The van der Waals surface area contributed by atoms with Gasteiger partial charge in [-0.2, -0.15) is 0 Å². The van der Waals surface area contributed by atoms with E-state index in [0.29, 0.717) is 5.57 Å². The molecule has 3 heteroatoms. The Hall–Kier alpha value is -0.310. The molecular weight excluding hydrogens is 230 g/mol. The minimum Gasteiger partial charge on any atom is -0.352 e. The second-order valence-electron chi connectivity index (χ2n) is 3.14. The topological polar surface area (TPSA) is 29.1 Å². The maximum absolute atomic E-state index is 11.0. The van der Waals surface area contributed by atoms with Crippen LogP contribution in [0.15, 0.2) is 12.2 Å². The quantitative estimate of drug-likeness (QED) is 0.419. The number of carbonyl (C=O) groups is 1. The molecule has 0 unspecified atom stereocenters. The third-order valence-electron chi connectivity index (χ3n) is 1.73. The van der Waals surface area contributed by atoms with E-state index in [4.69, 9.17) is 0 Å². The van der Waals surface area contributed by atoms with Gasteiger partial charge in [0.2, 0.25) is 5.91 Å². The highest BCUT2D eigenvalue weighted by Gasteiger charge is 1.98. The van der Waals surface area contributed by atoms with E-state index in [1.165, 1.54) is 19.3 Å². The van der Waals surface area contributed by atoms with Crippen LogP contribution in [0.2, 0.25) is 0 Å². The Morgan fingerprint density at radius 1 is 1.31 bits per heavy atom. The van der Waals surface area contributed by atoms with E-state index in [0.717, 1.165) is 18.3 Å². The fourth-order valence-corrected chi connectivity index (χ4v) is 1.32. The first-order chi connectivity index (χ1) is 6.18. The van der Waals surface area contributed by atoms with E-state index < -0.39 is 0 Å². The third kappa shape index (κ3) is 8.03. The number of nitrogens with one attached hydrogen (secondary N) is 1. The Morgan fingerprint density at radius 2 is 1.92 bits per heavy atom. The van der Waals surface area contributed by atoms with Gasteiger partial charge in [0.25, 0.3) is 0 Å². The van der Waals surface area contributed by atoms with Gasteiger partial charge in [-0.1, -0.05) is 35.4 Å². The molecule has 1 N–H and O–H groups in total. The first-order valence-electron chi connectivity index (χ1n) is 4.68. The van der Waals surface area contributed by atoms with Crippen molar-refractivity contribution in [2.24, 2.45) is 0 Å². The van der Waals surface area contributed by atoms with Crippen molar-refractivity contribution < 1.29 is 4.79 Å². The molecule has 0 fully saturated rings. The van der Waals surface area contributed by atoms with E-state index in [-0.39, 0.29) is 5.91 Å². The highest BCUT2D eigenvalue weighted by molar-refractivity contribution is 9.09. The van der Waals surface area contributed by atoms with Crippen LogP contribution in [0.3, 0.4) is 0 Å². The van der Waals surface area contributed by atoms with E-state index in [1.807, 2.05) is 0 Å². The molecule has 0 atom stereocenters. The van der Waals surface area contributed by atoms with Crippen molar-refractivity contribution in [3.63, 3.8) is 0 Å². The largest absolute Gasteiger partial charge is 0.352 e. The molecule has 0 radical (unpaired) electrons. The number of halogens is 1. The second-order valence-corrected chi connectivity index (χ2v) is 3.93. The van der Waals surface area contributed by atoms with Crippen LogP contribution < -0.4 is 5.32 Å². The molecular formula is C10H18BrNO. The predicted octanol–water partition coefficient (Wildman–Crippen LogP) is 2.63. The Bertz CT molecular complexity index is 168. The van der Waals surface area contributed by atoms with Crippen molar-refractivity contribution in [1.82, 2.24) is 5.32 Å².